The van der Waals surface area contributed by atoms with Crippen LogP contribution in [0, 0.1) is 12.3 Å². The van der Waals surface area contributed by atoms with Crippen molar-refractivity contribution in [3.05, 3.63) is 20.8 Å². The smallest absolute Gasteiger partial charge is 0.0934 e. The molecule has 0 radical (unpaired) electrons. The minimum atomic E-state index is 0.176. The van der Waals surface area contributed by atoms with E-state index >= 15 is 0 Å². The van der Waals surface area contributed by atoms with E-state index in [9.17, 15) is 0 Å². The van der Waals surface area contributed by atoms with Crippen LogP contribution in [0.3, 0.4) is 0 Å². The molecule has 2 rings (SSSR count). The van der Waals surface area contributed by atoms with E-state index in [-0.39, 0.29) is 6.04 Å². The third-order valence-electron chi connectivity index (χ3n) is 3.10. The fraction of sp³-hybridized carbons (Fsp3) is 0.538. The lowest BCUT2D eigenvalue weighted by atomic mass is 9.93. The molecule has 1 N–H and O–H groups in total. The highest BCUT2D eigenvalue weighted by Gasteiger charge is 2.23. The Morgan fingerprint density at radius 1 is 1.75 bits per heavy atom. The highest BCUT2D eigenvalue weighted by Crippen LogP contribution is 2.37. The van der Waals surface area contributed by atoms with Gasteiger partial charge in [0.25, 0.3) is 0 Å². The van der Waals surface area contributed by atoms with E-state index in [0.717, 1.165) is 23.6 Å². The summed E-state index contributed by atoms with van der Waals surface area (Å²) in [6.45, 7) is 2.11. The summed E-state index contributed by atoms with van der Waals surface area (Å²) in [6.07, 6.45) is 10.0. The fourth-order valence-electron chi connectivity index (χ4n) is 2.22. The van der Waals surface area contributed by atoms with Gasteiger partial charge in [0.15, 0.2) is 0 Å². The molecule has 0 fully saturated rings. The molecule has 2 atom stereocenters. The second-order valence-electron chi connectivity index (χ2n) is 4.17. The number of hydrogen-bond acceptors (Lipinski definition) is 2. The molecule has 2 unspecified atom stereocenters. The second kappa shape index (κ2) is 5.23. The van der Waals surface area contributed by atoms with E-state index in [1.807, 2.05) is 0 Å². The molecule has 0 saturated heterocycles. The van der Waals surface area contributed by atoms with Gasteiger partial charge in [-0.15, -0.1) is 17.8 Å². The van der Waals surface area contributed by atoms with Crippen LogP contribution in [0.5, 0.6) is 0 Å². The molecule has 0 aliphatic heterocycles. The van der Waals surface area contributed by atoms with E-state index in [1.54, 1.807) is 11.3 Å². The van der Waals surface area contributed by atoms with Crippen LogP contribution in [-0.2, 0) is 6.42 Å². The van der Waals surface area contributed by atoms with E-state index in [0.29, 0.717) is 6.04 Å². The monoisotopic (exact) mass is 253 g/mol. The molecule has 3 heteroatoms. The lowest BCUT2D eigenvalue weighted by Crippen LogP contribution is -2.32. The summed E-state index contributed by atoms with van der Waals surface area (Å²) in [5, 5.41) is 3.54. The van der Waals surface area contributed by atoms with Gasteiger partial charge in [-0.25, -0.2) is 0 Å². The number of hydrogen-bond donors (Lipinski definition) is 1. The van der Waals surface area contributed by atoms with Crippen molar-refractivity contribution in [3.63, 3.8) is 0 Å². The number of rotatable bonds is 3. The molecule has 16 heavy (non-hydrogen) atoms. The Kier molecular flexibility index (Phi) is 3.91. The maximum absolute atomic E-state index is 6.07. The lowest BCUT2D eigenvalue weighted by Gasteiger charge is -2.26. The van der Waals surface area contributed by atoms with Crippen LogP contribution in [0.25, 0.3) is 0 Å². The van der Waals surface area contributed by atoms with E-state index in [1.165, 1.54) is 16.9 Å². The number of halogens is 1. The number of nitrogens with one attached hydrogen (secondary N) is 1. The van der Waals surface area contributed by atoms with Crippen LogP contribution >= 0.6 is 22.9 Å². The highest BCUT2D eigenvalue weighted by atomic mass is 35.5. The Bertz CT molecular complexity index is 405. The van der Waals surface area contributed by atoms with Crippen molar-refractivity contribution in [2.75, 3.05) is 0 Å². The Balaban J connectivity index is 2.15. The zero-order chi connectivity index (χ0) is 11.5. The Morgan fingerprint density at radius 2 is 2.56 bits per heavy atom. The van der Waals surface area contributed by atoms with Gasteiger partial charge >= 0.3 is 0 Å². The van der Waals surface area contributed by atoms with Crippen molar-refractivity contribution < 1.29 is 0 Å². The first kappa shape index (κ1) is 12.0. The minimum absolute atomic E-state index is 0.176. The van der Waals surface area contributed by atoms with Crippen LogP contribution in [0.2, 0.25) is 4.34 Å². The standard InChI is InChI=1S/C13H16ClNS/c1-3-9(4-2)15-11-6-5-7-12-10(11)8-13(14)16-12/h1,8-9,11,15H,4-7H2,2H3. The van der Waals surface area contributed by atoms with Gasteiger partial charge in [-0.3, -0.25) is 5.32 Å². The van der Waals surface area contributed by atoms with Crippen LogP contribution in [0.1, 0.15) is 42.7 Å². The van der Waals surface area contributed by atoms with Gasteiger partial charge in [-0.05, 0) is 37.3 Å². The maximum atomic E-state index is 6.07. The van der Waals surface area contributed by atoms with Crippen molar-refractivity contribution in [2.45, 2.75) is 44.7 Å². The molecule has 1 aliphatic carbocycles. The predicted octanol–water partition coefficient (Wildman–Crippen LogP) is 3.78. The Morgan fingerprint density at radius 3 is 3.25 bits per heavy atom. The summed E-state index contributed by atoms with van der Waals surface area (Å²) >= 11 is 7.78. The number of aryl methyl sites for hydroxylation is 1. The number of terminal acetylenes is 1. The van der Waals surface area contributed by atoms with Gasteiger partial charge < -0.3 is 0 Å². The molecule has 0 aromatic carbocycles. The molecule has 0 bridgehead atoms. The summed E-state index contributed by atoms with van der Waals surface area (Å²) < 4.78 is 0.896. The molecule has 1 aliphatic rings. The van der Waals surface area contributed by atoms with Crippen LogP contribution in [0.4, 0.5) is 0 Å². The first-order valence-corrected chi connectivity index (χ1v) is 6.94. The molecular weight excluding hydrogens is 238 g/mol. The number of fused-ring (bicyclic) bond motifs is 1. The van der Waals surface area contributed by atoms with Crippen molar-refractivity contribution in [2.24, 2.45) is 0 Å². The van der Waals surface area contributed by atoms with Crippen molar-refractivity contribution >= 4 is 22.9 Å². The third kappa shape index (κ3) is 2.43. The molecule has 0 amide bonds. The number of thiophene rings is 1. The lowest BCUT2D eigenvalue weighted by molar-refractivity contribution is 0.431. The first-order chi connectivity index (χ1) is 7.74. The topological polar surface area (TPSA) is 12.0 Å². The Hall–Kier alpha value is -0.490. The maximum Gasteiger partial charge on any atom is 0.0934 e. The van der Waals surface area contributed by atoms with Gasteiger partial charge in [-0.1, -0.05) is 24.4 Å². The first-order valence-electron chi connectivity index (χ1n) is 5.75. The summed E-state index contributed by atoms with van der Waals surface area (Å²) in [6, 6.07) is 2.67. The summed E-state index contributed by atoms with van der Waals surface area (Å²) in [7, 11) is 0. The average Bonchev–Trinajstić information content (AvgIpc) is 2.67. The quantitative estimate of drug-likeness (QED) is 0.809. The SMILES string of the molecule is C#CC(CC)NC1CCCc2sc(Cl)cc21. The van der Waals surface area contributed by atoms with Crippen molar-refractivity contribution in [1.29, 1.82) is 0 Å². The molecule has 1 heterocycles. The van der Waals surface area contributed by atoms with Gasteiger partial charge in [0.2, 0.25) is 0 Å². The minimum Gasteiger partial charge on any atom is -0.297 e. The van der Waals surface area contributed by atoms with E-state index in [2.05, 4.69) is 24.2 Å². The average molecular weight is 254 g/mol. The molecule has 0 saturated carbocycles. The largest absolute Gasteiger partial charge is 0.297 e. The molecule has 0 spiro atoms. The van der Waals surface area contributed by atoms with Crippen LogP contribution < -0.4 is 5.32 Å². The van der Waals surface area contributed by atoms with Crippen molar-refractivity contribution in [1.82, 2.24) is 5.32 Å². The van der Waals surface area contributed by atoms with Crippen LogP contribution in [0.15, 0.2) is 6.07 Å². The molecule has 86 valence electrons. The molecule has 1 aromatic heterocycles. The van der Waals surface area contributed by atoms with E-state index in [4.69, 9.17) is 18.0 Å². The summed E-state index contributed by atoms with van der Waals surface area (Å²) in [5.41, 5.74) is 1.37. The van der Waals surface area contributed by atoms with Gasteiger partial charge in [0.05, 0.1) is 10.4 Å². The Labute approximate surface area is 106 Å². The molecule has 1 aromatic rings. The highest BCUT2D eigenvalue weighted by molar-refractivity contribution is 7.16. The van der Waals surface area contributed by atoms with Crippen LogP contribution in [-0.4, -0.2) is 6.04 Å². The third-order valence-corrected chi connectivity index (χ3v) is 4.44. The molecular formula is C13H16ClNS. The summed E-state index contributed by atoms with van der Waals surface area (Å²) in [5.74, 6) is 2.80. The van der Waals surface area contributed by atoms with Crippen molar-refractivity contribution in [3.8, 4) is 12.3 Å². The zero-order valence-corrected chi connectivity index (χ0v) is 11.0. The van der Waals surface area contributed by atoms with Gasteiger partial charge in [0.1, 0.15) is 0 Å². The zero-order valence-electron chi connectivity index (χ0n) is 9.42. The predicted molar refractivity (Wildman–Crippen MR) is 71.1 cm³/mol. The molecule has 1 nitrogen and oxygen atoms in total. The van der Waals surface area contributed by atoms with E-state index < -0.39 is 0 Å². The van der Waals surface area contributed by atoms with Gasteiger partial charge in [-0.2, -0.15) is 0 Å². The second-order valence-corrected chi connectivity index (χ2v) is 5.94. The fourth-order valence-corrected chi connectivity index (χ4v) is 3.60. The summed E-state index contributed by atoms with van der Waals surface area (Å²) in [4.78, 5) is 1.43. The normalized spacial score (nSPS) is 21.2. The van der Waals surface area contributed by atoms with Gasteiger partial charge in [0, 0.05) is 10.9 Å².